The monoisotopic (exact) mass is 515 g/mol. The van der Waals surface area contributed by atoms with Crippen LogP contribution in [0, 0.1) is 0 Å². The highest BCUT2D eigenvalue weighted by molar-refractivity contribution is 9.11. The second-order valence-electron chi connectivity index (χ2n) is 4.17. The molecule has 112 valence electrons. The van der Waals surface area contributed by atoms with Crippen molar-refractivity contribution in [1.82, 2.24) is 0 Å². The highest BCUT2D eigenvalue weighted by Gasteiger charge is 2.10. The van der Waals surface area contributed by atoms with Crippen LogP contribution in [0.3, 0.4) is 0 Å². The van der Waals surface area contributed by atoms with E-state index in [1.165, 1.54) is 0 Å². The van der Waals surface area contributed by atoms with Crippen molar-refractivity contribution in [3.63, 3.8) is 0 Å². The predicted octanol–water partition coefficient (Wildman–Crippen LogP) is 6.90. The Morgan fingerprint density at radius 1 is 1.00 bits per heavy atom. The molecule has 0 saturated heterocycles. The molecule has 0 fully saturated rings. The molecule has 2 aromatic carbocycles. The van der Waals surface area contributed by atoms with Crippen molar-refractivity contribution in [3.8, 4) is 5.75 Å². The molecule has 2 rings (SSSR count). The summed E-state index contributed by atoms with van der Waals surface area (Å²) in [6.07, 6.45) is 0. The molecule has 21 heavy (non-hydrogen) atoms. The van der Waals surface area contributed by atoms with Gasteiger partial charge in [0.2, 0.25) is 0 Å². The van der Waals surface area contributed by atoms with Gasteiger partial charge in [-0.05, 0) is 77.6 Å². The van der Waals surface area contributed by atoms with Crippen LogP contribution in [0.1, 0.15) is 5.56 Å². The molecular weight excluding hydrogens is 509 g/mol. The number of halogens is 5. The van der Waals surface area contributed by atoms with Crippen molar-refractivity contribution in [3.05, 3.63) is 53.3 Å². The summed E-state index contributed by atoms with van der Waals surface area (Å²) < 4.78 is 7.83. The van der Waals surface area contributed by atoms with Crippen LogP contribution in [-0.2, 0) is 6.54 Å². The predicted molar refractivity (Wildman–Crippen MR) is 99.9 cm³/mol. The highest BCUT2D eigenvalue weighted by Crippen LogP contribution is 2.37. The molecular formula is C14H10Br3Cl2NO. The van der Waals surface area contributed by atoms with E-state index in [4.69, 9.17) is 27.9 Å². The standard InChI is InChI=1S/C14H10Br3Cl2NO/c1-21-14-9(16)4-7(5-10(14)17)6-20-11-3-2-8(15)12(18)13(11)19/h2-5,20H,6H2,1H3. The summed E-state index contributed by atoms with van der Waals surface area (Å²) in [5.41, 5.74) is 1.86. The third kappa shape index (κ3) is 4.08. The third-order valence-corrected chi connectivity index (χ3v) is 5.73. The molecule has 0 spiro atoms. The molecule has 0 aliphatic rings. The van der Waals surface area contributed by atoms with Gasteiger partial charge in [0.15, 0.2) is 0 Å². The summed E-state index contributed by atoms with van der Waals surface area (Å²) in [6, 6.07) is 7.72. The first-order chi connectivity index (χ1) is 9.93. The maximum Gasteiger partial charge on any atom is 0.147 e. The molecule has 0 aliphatic heterocycles. The van der Waals surface area contributed by atoms with Gasteiger partial charge >= 0.3 is 0 Å². The van der Waals surface area contributed by atoms with Crippen LogP contribution in [0.5, 0.6) is 5.75 Å². The minimum Gasteiger partial charge on any atom is -0.494 e. The Bertz CT molecular complexity index is 657. The number of hydrogen-bond donors (Lipinski definition) is 1. The van der Waals surface area contributed by atoms with E-state index in [0.29, 0.717) is 16.6 Å². The van der Waals surface area contributed by atoms with E-state index >= 15 is 0 Å². The number of hydrogen-bond acceptors (Lipinski definition) is 2. The zero-order valence-electron chi connectivity index (χ0n) is 10.8. The van der Waals surface area contributed by atoms with Crippen LogP contribution in [-0.4, -0.2) is 7.11 Å². The van der Waals surface area contributed by atoms with Crippen LogP contribution in [0.2, 0.25) is 10.0 Å². The Morgan fingerprint density at radius 2 is 1.62 bits per heavy atom. The molecule has 0 bridgehead atoms. The fourth-order valence-electron chi connectivity index (χ4n) is 1.77. The molecule has 0 aromatic heterocycles. The Hall–Kier alpha value is 0.0600. The lowest BCUT2D eigenvalue weighted by Crippen LogP contribution is -2.01. The molecule has 0 saturated carbocycles. The quantitative estimate of drug-likeness (QED) is 0.445. The minimum absolute atomic E-state index is 0.498. The second-order valence-corrected chi connectivity index (χ2v) is 7.49. The Kier molecular flexibility index (Phi) is 6.26. The molecule has 0 radical (unpaired) electrons. The van der Waals surface area contributed by atoms with Gasteiger partial charge in [-0.25, -0.2) is 0 Å². The number of nitrogens with one attached hydrogen (secondary N) is 1. The number of benzene rings is 2. The molecule has 7 heteroatoms. The number of methoxy groups -OCH3 is 1. The summed E-state index contributed by atoms with van der Waals surface area (Å²) in [5.74, 6) is 0.767. The molecule has 0 unspecified atom stereocenters. The smallest absolute Gasteiger partial charge is 0.147 e. The topological polar surface area (TPSA) is 21.3 Å². The van der Waals surface area contributed by atoms with Crippen LogP contribution < -0.4 is 10.1 Å². The number of ether oxygens (including phenoxy) is 1. The third-order valence-electron chi connectivity index (χ3n) is 2.78. The first kappa shape index (κ1) is 17.4. The van der Waals surface area contributed by atoms with E-state index in [-0.39, 0.29) is 0 Å². The van der Waals surface area contributed by atoms with Gasteiger partial charge in [0.05, 0.1) is 31.8 Å². The maximum atomic E-state index is 6.21. The molecule has 1 N–H and O–H groups in total. The van der Waals surface area contributed by atoms with E-state index in [1.807, 2.05) is 24.3 Å². The number of rotatable bonds is 4. The molecule has 2 nitrogen and oxygen atoms in total. The van der Waals surface area contributed by atoms with Crippen LogP contribution in [0.25, 0.3) is 0 Å². The lowest BCUT2D eigenvalue weighted by Gasteiger charge is -2.12. The van der Waals surface area contributed by atoms with E-state index in [0.717, 1.165) is 30.4 Å². The highest BCUT2D eigenvalue weighted by atomic mass is 79.9. The van der Waals surface area contributed by atoms with E-state index in [1.54, 1.807) is 7.11 Å². The van der Waals surface area contributed by atoms with Gasteiger partial charge in [-0.2, -0.15) is 0 Å². The molecule has 0 heterocycles. The fourth-order valence-corrected chi connectivity index (χ4v) is 4.22. The van der Waals surface area contributed by atoms with Crippen molar-refractivity contribution < 1.29 is 4.74 Å². The first-order valence-corrected chi connectivity index (χ1v) is 8.96. The summed E-state index contributed by atoms with van der Waals surface area (Å²) in [5, 5.41) is 4.27. The van der Waals surface area contributed by atoms with Crippen molar-refractivity contribution in [2.45, 2.75) is 6.54 Å². The van der Waals surface area contributed by atoms with Crippen molar-refractivity contribution in [1.29, 1.82) is 0 Å². The Morgan fingerprint density at radius 3 is 2.19 bits per heavy atom. The Labute approximate surface area is 158 Å². The van der Waals surface area contributed by atoms with Crippen molar-refractivity contribution in [2.75, 3.05) is 12.4 Å². The van der Waals surface area contributed by atoms with Gasteiger partial charge in [0.1, 0.15) is 5.75 Å². The van der Waals surface area contributed by atoms with Crippen molar-refractivity contribution in [2.24, 2.45) is 0 Å². The SMILES string of the molecule is COc1c(Br)cc(CNc2ccc(Br)c(Cl)c2Cl)cc1Br. The average Bonchev–Trinajstić information content (AvgIpc) is 2.44. The van der Waals surface area contributed by atoms with Gasteiger partial charge in [0.25, 0.3) is 0 Å². The molecule has 2 aromatic rings. The zero-order valence-corrected chi connectivity index (χ0v) is 17.1. The summed E-state index contributed by atoms with van der Waals surface area (Å²) >= 11 is 22.6. The van der Waals surface area contributed by atoms with Gasteiger partial charge < -0.3 is 10.1 Å². The molecule has 0 amide bonds. The lowest BCUT2D eigenvalue weighted by molar-refractivity contribution is 0.409. The summed E-state index contributed by atoms with van der Waals surface area (Å²) in [4.78, 5) is 0. The summed E-state index contributed by atoms with van der Waals surface area (Å²) in [7, 11) is 1.63. The van der Waals surface area contributed by atoms with Crippen LogP contribution >= 0.6 is 71.0 Å². The second kappa shape index (κ2) is 7.55. The average molecular weight is 519 g/mol. The molecule has 0 aliphatic carbocycles. The summed E-state index contributed by atoms with van der Waals surface area (Å²) in [6.45, 7) is 0.610. The lowest BCUT2D eigenvalue weighted by atomic mass is 10.2. The van der Waals surface area contributed by atoms with E-state index in [2.05, 4.69) is 53.1 Å². The maximum absolute atomic E-state index is 6.21. The van der Waals surface area contributed by atoms with Crippen LogP contribution in [0.15, 0.2) is 37.7 Å². The minimum atomic E-state index is 0.498. The van der Waals surface area contributed by atoms with E-state index in [9.17, 15) is 0 Å². The first-order valence-electron chi connectivity index (χ1n) is 5.83. The van der Waals surface area contributed by atoms with E-state index < -0.39 is 0 Å². The van der Waals surface area contributed by atoms with Gasteiger partial charge in [0, 0.05) is 11.0 Å². The largest absolute Gasteiger partial charge is 0.494 e. The molecule has 0 atom stereocenters. The normalized spacial score (nSPS) is 10.6. The van der Waals surface area contributed by atoms with Gasteiger partial charge in [-0.1, -0.05) is 23.2 Å². The van der Waals surface area contributed by atoms with Gasteiger partial charge in [-0.15, -0.1) is 0 Å². The van der Waals surface area contributed by atoms with Gasteiger partial charge in [-0.3, -0.25) is 0 Å². The van der Waals surface area contributed by atoms with Crippen molar-refractivity contribution >= 4 is 76.7 Å². The zero-order chi connectivity index (χ0) is 15.6. The Balaban J connectivity index is 2.19. The fraction of sp³-hybridized carbons (Fsp3) is 0.143. The number of anilines is 1. The van der Waals surface area contributed by atoms with Crippen LogP contribution in [0.4, 0.5) is 5.69 Å².